The van der Waals surface area contributed by atoms with Gasteiger partial charge in [-0.25, -0.2) is 9.37 Å². The lowest BCUT2D eigenvalue weighted by Gasteiger charge is -2.18. The molecule has 28 heavy (non-hydrogen) atoms. The second kappa shape index (κ2) is 8.60. The number of halogens is 1. The highest BCUT2D eigenvalue weighted by molar-refractivity contribution is 7.18. The van der Waals surface area contributed by atoms with Crippen molar-refractivity contribution in [2.24, 2.45) is 0 Å². The molecule has 0 saturated heterocycles. The van der Waals surface area contributed by atoms with E-state index in [-0.39, 0.29) is 31.0 Å². The first-order valence-corrected chi connectivity index (χ1v) is 10.4. The molecule has 1 N–H and O–H groups in total. The summed E-state index contributed by atoms with van der Waals surface area (Å²) in [4.78, 5) is 17.9. The minimum Gasteiger partial charge on any atom is -0.364 e. The lowest BCUT2D eigenvalue weighted by atomic mass is 10.1. The van der Waals surface area contributed by atoms with Crippen LogP contribution in [0.3, 0.4) is 0 Å². The summed E-state index contributed by atoms with van der Waals surface area (Å²) >= 11 is 3.09. The van der Waals surface area contributed by atoms with E-state index in [4.69, 9.17) is 4.74 Å². The summed E-state index contributed by atoms with van der Waals surface area (Å²) < 4.78 is 19.9. The summed E-state index contributed by atoms with van der Waals surface area (Å²) in [6.07, 6.45) is 0. The molecule has 2 heterocycles. The molecule has 0 saturated carbocycles. The zero-order chi connectivity index (χ0) is 19.3. The molecule has 142 valence electrons. The minimum atomic E-state index is -0.334. The molecule has 2 aromatic heterocycles. The summed E-state index contributed by atoms with van der Waals surface area (Å²) in [7, 11) is 0. The van der Waals surface area contributed by atoms with Gasteiger partial charge in [-0.2, -0.15) is 0 Å². The van der Waals surface area contributed by atoms with Gasteiger partial charge in [-0.3, -0.25) is 4.79 Å². The second-order valence-corrected chi connectivity index (χ2v) is 8.23. The van der Waals surface area contributed by atoms with Crippen molar-refractivity contribution < 1.29 is 13.9 Å². The van der Waals surface area contributed by atoms with E-state index in [1.54, 1.807) is 23.5 Å². The van der Waals surface area contributed by atoms with Crippen LogP contribution in [0.15, 0.2) is 66.0 Å². The first kappa shape index (κ1) is 18.7. The molecule has 7 heteroatoms. The maximum atomic E-state index is 13.3. The van der Waals surface area contributed by atoms with Gasteiger partial charge in [0.15, 0.2) is 0 Å². The number of ether oxygens (including phenoxy) is 1. The molecule has 4 aromatic rings. The average Bonchev–Trinajstić information content (AvgIpc) is 3.36. The van der Waals surface area contributed by atoms with Crippen LogP contribution in [-0.4, -0.2) is 17.5 Å². The van der Waals surface area contributed by atoms with Gasteiger partial charge in [-0.15, -0.1) is 22.7 Å². The molecule has 4 rings (SSSR count). The fraction of sp³-hybridized carbons (Fsp3) is 0.143. The van der Waals surface area contributed by atoms with Crippen molar-refractivity contribution in [3.8, 4) is 0 Å². The Bertz CT molecular complexity index is 1030. The fourth-order valence-electron chi connectivity index (χ4n) is 2.84. The van der Waals surface area contributed by atoms with Crippen LogP contribution < -0.4 is 5.32 Å². The number of amides is 1. The van der Waals surface area contributed by atoms with E-state index >= 15 is 0 Å². The Balaban J connectivity index is 1.38. The van der Waals surface area contributed by atoms with Gasteiger partial charge >= 0.3 is 0 Å². The predicted molar refractivity (Wildman–Crippen MR) is 110 cm³/mol. The van der Waals surface area contributed by atoms with E-state index in [2.05, 4.69) is 10.3 Å². The molecule has 1 amide bonds. The number of nitrogens with one attached hydrogen (secondary N) is 1. The zero-order valence-electron chi connectivity index (χ0n) is 14.8. The second-order valence-electron chi connectivity index (χ2n) is 6.14. The third-order valence-corrected chi connectivity index (χ3v) is 6.08. The Kier molecular flexibility index (Phi) is 5.76. The molecule has 0 spiro atoms. The Labute approximate surface area is 169 Å². The van der Waals surface area contributed by atoms with Crippen molar-refractivity contribution in [2.45, 2.75) is 12.6 Å². The number of rotatable bonds is 7. The summed E-state index contributed by atoms with van der Waals surface area (Å²) in [5, 5.41) is 5.76. The minimum absolute atomic E-state index is 0.0704. The summed E-state index contributed by atoms with van der Waals surface area (Å²) in [6, 6.07) is 17.6. The third-order valence-electron chi connectivity index (χ3n) is 4.13. The molecule has 0 fully saturated rings. The number of thiazole rings is 1. The number of hydrogen-bond donors (Lipinski definition) is 1. The van der Waals surface area contributed by atoms with Gasteiger partial charge in [0, 0.05) is 4.88 Å². The van der Waals surface area contributed by atoms with Crippen LogP contribution >= 0.6 is 22.7 Å². The number of aromatic nitrogens is 1. The van der Waals surface area contributed by atoms with Gasteiger partial charge in [0.05, 0.1) is 22.9 Å². The van der Waals surface area contributed by atoms with E-state index in [0.29, 0.717) is 0 Å². The smallest absolute Gasteiger partial charge is 0.246 e. The average molecular weight is 413 g/mol. The molecule has 0 aliphatic rings. The maximum absolute atomic E-state index is 13.3. The van der Waals surface area contributed by atoms with Crippen molar-refractivity contribution in [3.63, 3.8) is 0 Å². The molecule has 4 nitrogen and oxygen atoms in total. The number of thiophene rings is 1. The fourth-order valence-corrected chi connectivity index (χ4v) is 4.55. The highest BCUT2D eigenvalue weighted by atomic mass is 32.1. The van der Waals surface area contributed by atoms with Gasteiger partial charge < -0.3 is 10.1 Å². The maximum Gasteiger partial charge on any atom is 0.246 e. The first-order valence-electron chi connectivity index (χ1n) is 8.69. The molecule has 2 aromatic carbocycles. The van der Waals surface area contributed by atoms with Crippen LogP contribution in [0.2, 0.25) is 0 Å². The monoisotopic (exact) mass is 412 g/mol. The van der Waals surface area contributed by atoms with Crippen molar-refractivity contribution in [1.29, 1.82) is 0 Å². The van der Waals surface area contributed by atoms with E-state index in [1.165, 1.54) is 23.5 Å². The van der Waals surface area contributed by atoms with E-state index in [1.807, 2.05) is 41.8 Å². The quantitative estimate of drug-likeness (QED) is 0.469. The van der Waals surface area contributed by atoms with Crippen molar-refractivity contribution in [3.05, 3.63) is 87.3 Å². The Hall–Kier alpha value is -2.61. The van der Waals surface area contributed by atoms with Crippen molar-refractivity contribution >= 4 is 38.8 Å². The molecule has 0 aliphatic heterocycles. The number of para-hydroxylation sites is 1. The molecule has 0 bridgehead atoms. The molecular formula is C21H17FN2O2S2. The summed E-state index contributed by atoms with van der Waals surface area (Å²) in [5.74, 6) is -0.539. The van der Waals surface area contributed by atoms with Gasteiger partial charge in [0.25, 0.3) is 0 Å². The molecular weight excluding hydrogens is 395 g/mol. The molecule has 0 radical (unpaired) electrons. The number of carbonyl (C=O) groups is 1. The summed E-state index contributed by atoms with van der Waals surface area (Å²) in [6.45, 7) is 0.214. The highest BCUT2D eigenvalue weighted by Crippen LogP contribution is 2.26. The van der Waals surface area contributed by atoms with Gasteiger partial charge in [0.2, 0.25) is 5.91 Å². The van der Waals surface area contributed by atoms with Crippen LogP contribution in [0.1, 0.15) is 21.5 Å². The SMILES string of the molecule is O=C(COCc1nc2ccccc2s1)NC(c1ccc(F)cc1)c1cccs1. The molecule has 0 aliphatic carbocycles. The number of fused-ring (bicyclic) bond motifs is 1. The number of nitrogens with zero attached hydrogens (tertiary/aromatic N) is 1. The molecule has 1 unspecified atom stereocenters. The number of carbonyl (C=O) groups excluding carboxylic acids is 1. The first-order chi connectivity index (χ1) is 13.7. The van der Waals surface area contributed by atoms with Crippen LogP contribution in [0.25, 0.3) is 10.2 Å². The van der Waals surface area contributed by atoms with E-state index in [9.17, 15) is 9.18 Å². The number of hydrogen-bond acceptors (Lipinski definition) is 5. The lowest BCUT2D eigenvalue weighted by molar-refractivity contribution is -0.126. The summed E-state index contributed by atoms with van der Waals surface area (Å²) in [5.41, 5.74) is 1.76. The Morgan fingerprint density at radius 1 is 1.11 bits per heavy atom. The largest absolute Gasteiger partial charge is 0.364 e. The van der Waals surface area contributed by atoms with Gasteiger partial charge in [0.1, 0.15) is 17.4 Å². The van der Waals surface area contributed by atoms with E-state index in [0.717, 1.165) is 25.7 Å². The molecule has 1 atom stereocenters. The normalized spacial score (nSPS) is 12.2. The Morgan fingerprint density at radius 3 is 2.68 bits per heavy atom. The van der Waals surface area contributed by atoms with Crippen LogP contribution in [0.4, 0.5) is 4.39 Å². The van der Waals surface area contributed by atoms with Gasteiger partial charge in [-0.1, -0.05) is 30.3 Å². The van der Waals surface area contributed by atoms with Crippen molar-refractivity contribution in [1.82, 2.24) is 10.3 Å². The van der Waals surface area contributed by atoms with Crippen molar-refractivity contribution in [2.75, 3.05) is 6.61 Å². The third kappa shape index (κ3) is 4.44. The predicted octanol–water partition coefficient (Wildman–Crippen LogP) is 4.92. The topological polar surface area (TPSA) is 51.2 Å². The Morgan fingerprint density at radius 2 is 1.93 bits per heavy atom. The highest BCUT2D eigenvalue weighted by Gasteiger charge is 2.18. The zero-order valence-corrected chi connectivity index (χ0v) is 16.4. The van der Waals surface area contributed by atoms with E-state index < -0.39 is 0 Å². The number of benzene rings is 2. The van der Waals surface area contributed by atoms with Gasteiger partial charge in [-0.05, 0) is 41.3 Å². The van der Waals surface area contributed by atoms with Crippen LogP contribution in [0, 0.1) is 5.82 Å². The standard InChI is InChI=1S/C21H17FN2O2S2/c22-15-9-7-14(8-10-15)21(18-6-3-11-27-18)24-19(25)12-26-13-20-23-16-4-1-2-5-17(16)28-20/h1-11,21H,12-13H2,(H,24,25). The van der Waals surface area contributed by atoms with Crippen LogP contribution in [0.5, 0.6) is 0 Å². The lowest BCUT2D eigenvalue weighted by Crippen LogP contribution is -2.31. The van der Waals surface area contributed by atoms with Crippen LogP contribution in [-0.2, 0) is 16.1 Å².